The van der Waals surface area contributed by atoms with Crippen molar-refractivity contribution in [3.63, 3.8) is 0 Å². The molecule has 0 spiro atoms. The summed E-state index contributed by atoms with van der Waals surface area (Å²) in [6, 6.07) is 12.2. The van der Waals surface area contributed by atoms with Crippen molar-refractivity contribution in [1.29, 1.82) is 0 Å². The predicted molar refractivity (Wildman–Crippen MR) is 203 cm³/mol. The number of aromatic carboxylic acids is 1. The molecule has 61 heavy (non-hydrogen) atoms. The molecule has 1 N–H and O–H groups in total. The molecule has 4 heterocycles. The van der Waals surface area contributed by atoms with Crippen molar-refractivity contribution in [3.05, 3.63) is 117 Å². The number of carbonyl (C=O) groups is 4. The molecule has 18 heteroatoms. The number of aryl methyl sites for hydroxylation is 1. The van der Waals surface area contributed by atoms with Crippen molar-refractivity contribution in [3.8, 4) is 0 Å². The highest BCUT2D eigenvalue weighted by Gasteiger charge is 2.48. The van der Waals surface area contributed by atoms with Crippen molar-refractivity contribution >= 4 is 23.8 Å². The van der Waals surface area contributed by atoms with Crippen LogP contribution in [0.2, 0.25) is 0 Å². The molecule has 2 saturated carbocycles. The summed E-state index contributed by atoms with van der Waals surface area (Å²) >= 11 is 0. The zero-order valence-electron chi connectivity index (χ0n) is 33.0. The molecule has 2 aliphatic carbocycles. The van der Waals surface area contributed by atoms with Crippen molar-refractivity contribution < 1.29 is 55.4 Å². The summed E-state index contributed by atoms with van der Waals surface area (Å²) in [4.78, 5) is 70.9. The smallest absolute Gasteiger partial charge is 0.416 e. The van der Waals surface area contributed by atoms with Gasteiger partial charge in [-0.3, -0.25) is 9.59 Å². The van der Waals surface area contributed by atoms with Gasteiger partial charge in [-0.1, -0.05) is 36.4 Å². The first-order valence-electron chi connectivity index (χ1n) is 19.9. The van der Waals surface area contributed by atoms with E-state index in [9.17, 15) is 37.5 Å². The van der Waals surface area contributed by atoms with E-state index in [1.807, 2.05) is 0 Å². The zero-order valence-corrected chi connectivity index (χ0v) is 33.0. The van der Waals surface area contributed by atoms with Crippen LogP contribution in [-0.2, 0) is 23.5 Å². The monoisotopic (exact) mass is 850 g/mol. The maximum atomic E-state index is 15.1. The number of benzene rings is 2. The molecule has 4 fully saturated rings. The van der Waals surface area contributed by atoms with Gasteiger partial charge < -0.3 is 19.6 Å². The zero-order chi connectivity index (χ0) is 43.5. The highest BCUT2D eigenvalue weighted by Crippen LogP contribution is 2.51. The minimum Gasteiger partial charge on any atom is -0.477 e. The molecule has 4 aromatic rings. The highest BCUT2D eigenvalue weighted by molar-refractivity contribution is 5.94. The summed E-state index contributed by atoms with van der Waals surface area (Å²) in [5, 5.41) is 9.38. The molecule has 6 atom stereocenters. The van der Waals surface area contributed by atoms with E-state index in [1.54, 1.807) is 13.0 Å². The topological polar surface area (TPSA) is 156 Å². The minimum absolute atomic E-state index is 0.0218. The van der Waals surface area contributed by atoms with Gasteiger partial charge >= 0.3 is 24.3 Å². The normalized spacial score (nSPS) is 23.5. The van der Waals surface area contributed by atoms with Crippen LogP contribution in [0.1, 0.15) is 119 Å². The fourth-order valence-electron chi connectivity index (χ4n) is 10.1. The minimum atomic E-state index is -4.79. The van der Waals surface area contributed by atoms with E-state index in [-0.39, 0.29) is 95.4 Å². The van der Waals surface area contributed by atoms with E-state index in [0.29, 0.717) is 31.4 Å². The molecule has 4 aliphatic rings. The van der Waals surface area contributed by atoms with Gasteiger partial charge in [0.2, 0.25) is 11.6 Å². The molecule has 320 valence electrons. The number of hydrogen-bond donors (Lipinski definition) is 1. The van der Waals surface area contributed by atoms with Crippen LogP contribution in [-0.4, -0.2) is 91.9 Å². The van der Waals surface area contributed by atoms with Gasteiger partial charge in [0.25, 0.3) is 11.8 Å². The van der Waals surface area contributed by atoms with Crippen molar-refractivity contribution in [2.45, 2.75) is 63.2 Å². The number of amides is 2. The Labute approximate surface area is 345 Å². The maximum absolute atomic E-state index is 15.1. The number of methoxy groups -OCH3 is 1. The van der Waals surface area contributed by atoms with Crippen molar-refractivity contribution in [2.24, 2.45) is 23.7 Å². The number of fused-ring (bicyclic) bond motifs is 2. The third-order valence-electron chi connectivity index (χ3n) is 12.7. The van der Waals surface area contributed by atoms with Crippen molar-refractivity contribution in [1.82, 2.24) is 29.7 Å². The lowest BCUT2D eigenvalue weighted by Gasteiger charge is -2.23. The number of ether oxygens (including phenoxy) is 1. The second kappa shape index (κ2) is 15.8. The molecule has 2 amide bonds. The fourth-order valence-corrected chi connectivity index (χ4v) is 10.1. The average molecular weight is 851 g/mol. The molecule has 2 aliphatic heterocycles. The molecule has 8 rings (SSSR count). The number of rotatable bonds is 8. The number of alkyl halides is 6. The second-order valence-electron chi connectivity index (χ2n) is 16.5. The largest absolute Gasteiger partial charge is 0.477 e. The standard InChI is InChI=1S/C43H40F6N6O6/c1-21-10-33(40(58)59)52-36(50-21)38(56)54-19-27-13-24(14-28(27)20-54)31-8-5-6-22(35(31)43(47,48)49)15-29-16-34(41(60)61-2)53-37(51-29)39(57)55-17-25-11-23(12-26(25)18-55)30-7-3-4-9-32(30)42(44,45)46/h3-10,16,23-28H,11-15,17-20H2,1-2H3,(H,58,59)/t23?,24?,25-,26+,27-,28+. The summed E-state index contributed by atoms with van der Waals surface area (Å²) in [6.07, 6.45) is -8.11. The number of aromatic nitrogens is 4. The predicted octanol–water partition coefficient (Wildman–Crippen LogP) is 7.22. The molecule has 12 nitrogen and oxygen atoms in total. The van der Waals surface area contributed by atoms with Crippen LogP contribution in [0.3, 0.4) is 0 Å². The Bertz CT molecular complexity index is 2400. The van der Waals surface area contributed by atoms with Gasteiger partial charge in [0.15, 0.2) is 11.4 Å². The molecule has 2 unspecified atom stereocenters. The van der Waals surface area contributed by atoms with Crippen molar-refractivity contribution in [2.75, 3.05) is 33.3 Å². The lowest BCUT2D eigenvalue weighted by atomic mass is 9.87. The van der Waals surface area contributed by atoms with Crippen LogP contribution >= 0.6 is 0 Å². The third kappa shape index (κ3) is 8.28. The Morgan fingerprint density at radius 1 is 0.689 bits per heavy atom. The second-order valence-corrected chi connectivity index (χ2v) is 16.5. The molecule has 0 bridgehead atoms. The van der Waals surface area contributed by atoms with E-state index in [1.165, 1.54) is 52.3 Å². The Morgan fingerprint density at radius 3 is 1.75 bits per heavy atom. The first kappa shape index (κ1) is 41.8. The molecular weight excluding hydrogens is 810 g/mol. The van der Waals surface area contributed by atoms with Gasteiger partial charge in [-0.05, 0) is 103 Å². The number of halogens is 6. The quantitative estimate of drug-likeness (QED) is 0.142. The Balaban J connectivity index is 0.994. The van der Waals surface area contributed by atoms with Gasteiger partial charge in [-0.2, -0.15) is 26.3 Å². The molecule has 0 radical (unpaired) electrons. The van der Waals surface area contributed by atoms with Crippen LogP contribution in [0, 0.1) is 30.6 Å². The lowest BCUT2D eigenvalue weighted by Crippen LogP contribution is -2.32. The Morgan fingerprint density at radius 2 is 1.21 bits per heavy atom. The van der Waals surface area contributed by atoms with E-state index in [2.05, 4.69) is 19.9 Å². The Kier molecular flexibility index (Phi) is 10.8. The first-order valence-corrected chi connectivity index (χ1v) is 19.9. The number of esters is 1. The number of carbonyl (C=O) groups excluding carboxylic acids is 3. The average Bonchev–Trinajstić information content (AvgIpc) is 3.99. The number of likely N-dealkylation sites (tertiary alicyclic amines) is 2. The number of nitrogens with zero attached hydrogens (tertiary/aromatic N) is 6. The summed E-state index contributed by atoms with van der Waals surface area (Å²) in [7, 11) is 1.10. The summed E-state index contributed by atoms with van der Waals surface area (Å²) < 4.78 is 91.5. The maximum Gasteiger partial charge on any atom is 0.416 e. The highest BCUT2D eigenvalue weighted by atomic mass is 19.4. The fraction of sp³-hybridized carbons (Fsp3) is 0.442. The van der Waals surface area contributed by atoms with Crippen LogP contribution in [0.5, 0.6) is 0 Å². The molecule has 2 saturated heterocycles. The van der Waals surface area contributed by atoms with Gasteiger partial charge in [0.05, 0.1) is 18.2 Å². The molecule has 2 aromatic carbocycles. The lowest BCUT2D eigenvalue weighted by molar-refractivity contribution is -0.139. The van der Waals surface area contributed by atoms with Crippen LogP contribution in [0.25, 0.3) is 0 Å². The summed E-state index contributed by atoms with van der Waals surface area (Å²) in [5.41, 5.74) is -1.68. The number of hydrogen-bond acceptors (Lipinski definition) is 9. The number of carboxylic acid groups (broad SMARTS) is 1. The third-order valence-corrected chi connectivity index (χ3v) is 12.7. The van der Waals surface area contributed by atoms with Gasteiger partial charge in [-0.15, -0.1) is 0 Å². The Hall–Kier alpha value is -5.94. The van der Waals surface area contributed by atoms with Gasteiger partial charge in [0, 0.05) is 44.0 Å². The first-order chi connectivity index (χ1) is 28.9. The SMILES string of the molecule is COC(=O)c1cc(Cc2cccc(C3C[C@@H]4CN(C(=O)c5nc(C)cc(C(=O)O)n5)C[C@@H]4C3)c2C(F)(F)F)nc(C(=O)N2C[C@H]3CC(c4ccccc4C(F)(F)F)C[C@H]3C2)n1. The van der Waals surface area contributed by atoms with Gasteiger partial charge in [0.1, 0.15) is 0 Å². The van der Waals surface area contributed by atoms with Crippen LogP contribution in [0.4, 0.5) is 26.3 Å². The number of carboxylic acids is 1. The summed E-state index contributed by atoms with van der Waals surface area (Å²) in [6.45, 7) is 2.48. The van der Waals surface area contributed by atoms with Crippen LogP contribution < -0.4 is 0 Å². The van der Waals surface area contributed by atoms with Crippen LogP contribution in [0.15, 0.2) is 54.6 Å². The van der Waals surface area contributed by atoms with Gasteiger partial charge in [-0.25, -0.2) is 29.5 Å². The van der Waals surface area contributed by atoms with E-state index in [0.717, 1.165) is 13.2 Å². The molecule has 2 aromatic heterocycles. The molecular formula is C43H40F6N6O6. The summed E-state index contributed by atoms with van der Waals surface area (Å²) in [5.74, 6) is -5.35. The van der Waals surface area contributed by atoms with E-state index in [4.69, 9.17) is 4.74 Å². The van der Waals surface area contributed by atoms with E-state index < -0.39 is 65.4 Å². The van der Waals surface area contributed by atoms with E-state index >= 15 is 13.2 Å².